The molecule has 0 fully saturated rings. The normalized spacial score (nSPS) is 10.6. The van der Waals surface area contributed by atoms with Gasteiger partial charge >= 0.3 is 0 Å². The number of aryl methyl sites for hydroxylation is 1. The van der Waals surface area contributed by atoms with Gasteiger partial charge < -0.3 is 10.3 Å². The van der Waals surface area contributed by atoms with Gasteiger partial charge in [-0.3, -0.25) is 0 Å². The van der Waals surface area contributed by atoms with Crippen molar-refractivity contribution in [2.45, 2.75) is 13.5 Å². The molecule has 0 aliphatic heterocycles. The van der Waals surface area contributed by atoms with Gasteiger partial charge in [-0.25, -0.2) is 0 Å². The molecule has 15 heavy (non-hydrogen) atoms. The first-order valence-electron chi connectivity index (χ1n) is 4.50. The zero-order valence-electron chi connectivity index (χ0n) is 8.20. The van der Waals surface area contributed by atoms with Crippen molar-refractivity contribution in [2.24, 2.45) is 5.73 Å². The first-order chi connectivity index (χ1) is 7.20. The van der Waals surface area contributed by atoms with Crippen LogP contribution in [0.4, 0.5) is 0 Å². The highest BCUT2D eigenvalue weighted by atomic mass is 35.5. The van der Waals surface area contributed by atoms with Gasteiger partial charge in [-0.1, -0.05) is 16.8 Å². The van der Waals surface area contributed by atoms with E-state index in [0.717, 1.165) is 11.1 Å². The third-order valence-electron chi connectivity index (χ3n) is 2.07. The van der Waals surface area contributed by atoms with E-state index in [1.807, 2.05) is 19.1 Å². The third kappa shape index (κ3) is 2.00. The van der Waals surface area contributed by atoms with Gasteiger partial charge in [0.2, 0.25) is 11.7 Å². The van der Waals surface area contributed by atoms with E-state index in [9.17, 15) is 0 Å². The Bertz CT molecular complexity index is 481. The Hall–Kier alpha value is -1.39. The van der Waals surface area contributed by atoms with Gasteiger partial charge in [-0.15, -0.1) is 0 Å². The van der Waals surface area contributed by atoms with E-state index < -0.39 is 0 Å². The molecule has 1 aromatic heterocycles. The summed E-state index contributed by atoms with van der Waals surface area (Å²) < 4.78 is 4.93. The molecule has 0 spiro atoms. The lowest BCUT2D eigenvalue weighted by atomic mass is 10.1. The van der Waals surface area contributed by atoms with Crippen molar-refractivity contribution in [1.29, 1.82) is 0 Å². The molecule has 2 N–H and O–H groups in total. The molecular formula is C10H10ClN3O. The van der Waals surface area contributed by atoms with Gasteiger partial charge in [0, 0.05) is 10.6 Å². The minimum atomic E-state index is 0.250. The van der Waals surface area contributed by atoms with E-state index in [2.05, 4.69) is 10.1 Å². The zero-order chi connectivity index (χ0) is 10.8. The van der Waals surface area contributed by atoms with Gasteiger partial charge in [-0.05, 0) is 30.7 Å². The van der Waals surface area contributed by atoms with Crippen LogP contribution >= 0.6 is 11.6 Å². The van der Waals surface area contributed by atoms with Crippen molar-refractivity contribution in [1.82, 2.24) is 10.1 Å². The van der Waals surface area contributed by atoms with Crippen molar-refractivity contribution in [3.8, 4) is 11.4 Å². The Labute approximate surface area is 92.0 Å². The number of nitrogens with two attached hydrogens (primary N) is 1. The summed E-state index contributed by atoms with van der Waals surface area (Å²) in [6.07, 6.45) is 0. The molecule has 5 heteroatoms. The summed E-state index contributed by atoms with van der Waals surface area (Å²) in [6.45, 7) is 2.19. The quantitative estimate of drug-likeness (QED) is 0.847. The molecule has 0 aliphatic carbocycles. The lowest BCUT2D eigenvalue weighted by molar-refractivity contribution is 0.380. The Morgan fingerprint density at radius 1 is 1.47 bits per heavy atom. The SMILES string of the molecule is Cc1cc(Cl)ccc1-c1noc(CN)n1. The van der Waals surface area contributed by atoms with Gasteiger partial charge in [0.1, 0.15) is 0 Å². The number of aromatic nitrogens is 2. The van der Waals surface area contributed by atoms with Crippen LogP contribution in [-0.2, 0) is 6.54 Å². The van der Waals surface area contributed by atoms with E-state index in [4.69, 9.17) is 21.9 Å². The number of rotatable bonds is 2. The zero-order valence-corrected chi connectivity index (χ0v) is 8.95. The monoisotopic (exact) mass is 223 g/mol. The molecule has 0 saturated carbocycles. The molecule has 0 saturated heterocycles. The number of hydrogen-bond acceptors (Lipinski definition) is 4. The number of hydrogen-bond donors (Lipinski definition) is 1. The fraction of sp³-hybridized carbons (Fsp3) is 0.200. The number of halogens is 1. The summed E-state index contributed by atoms with van der Waals surface area (Å²) in [5.41, 5.74) is 7.30. The molecule has 0 bridgehead atoms. The van der Waals surface area contributed by atoms with Gasteiger partial charge in [0.15, 0.2) is 0 Å². The summed E-state index contributed by atoms with van der Waals surface area (Å²) in [4.78, 5) is 4.14. The van der Waals surface area contributed by atoms with Crippen LogP contribution in [0.5, 0.6) is 0 Å². The maximum Gasteiger partial charge on any atom is 0.240 e. The highest BCUT2D eigenvalue weighted by Gasteiger charge is 2.09. The molecule has 0 atom stereocenters. The average molecular weight is 224 g/mol. The maximum atomic E-state index is 5.85. The molecule has 1 aromatic carbocycles. The second kappa shape index (κ2) is 4.00. The number of benzene rings is 1. The lowest BCUT2D eigenvalue weighted by Crippen LogP contribution is -1.95. The molecule has 1 heterocycles. The summed E-state index contributed by atoms with van der Waals surface area (Å²) in [5.74, 6) is 0.976. The van der Waals surface area contributed by atoms with Crippen molar-refractivity contribution in [2.75, 3.05) is 0 Å². The van der Waals surface area contributed by atoms with Crippen LogP contribution in [0.3, 0.4) is 0 Å². The topological polar surface area (TPSA) is 64.9 Å². The predicted molar refractivity (Wildman–Crippen MR) is 57.4 cm³/mol. The van der Waals surface area contributed by atoms with Crippen LogP contribution < -0.4 is 5.73 Å². The molecule has 0 aliphatic rings. The maximum absolute atomic E-state index is 5.85. The summed E-state index contributed by atoms with van der Waals surface area (Å²) in [6, 6.07) is 5.51. The summed E-state index contributed by atoms with van der Waals surface area (Å²) in [5, 5.41) is 4.53. The Kier molecular flexibility index (Phi) is 2.70. The van der Waals surface area contributed by atoms with E-state index >= 15 is 0 Å². The van der Waals surface area contributed by atoms with Gasteiger partial charge in [0.05, 0.1) is 6.54 Å². The van der Waals surface area contributed by atoms with Crippen LogP contribution in [0.2, 0.25) is 5.02 Å². The molecule has 2 rings (SSSR count). The van der Waals surface area contributed by atoms with E-state index in [-0.39, 0.29) is 6.54 Å². The highest BCUT2D eigenvalue weighted by molar-refractivity contribution is 6.30. The molecular weight excluding hydrogens is 214 g/mol. The molecule has 0 radical (unpaired) electrons. The third-order valence-corrected chi connectivity index (χ3v) is 2.31. The van der Waals surface area contributed by atoms with Crippen molar-refractivity contribution >= 4 is 11.6 Å². The average Bonchev–Trinajstić information content (AvgIpc) is 2.66. The van der Waals surface area contributed by atoms with Crippen LogP contribution in [0.25, 0.3) is 11.4 Å². The summed E-state index contributed by atoms with van der Waals surface area (Å²) >= 11 is 5.85. The van der Waals surface area contributed by atoms with Crippen molar-refractivity contribution < 1.29 is 4.52 Å². The second-order valence-corrected chi connectivity index (χ2v) is 3.61. The first-order valence-corrected chi connectivity index (χ1v) is 4.87. The summed E-state index contributed by atoms with van der Waals surface area (Å²) in [7, 11) is 0. The number of nitrogens with zero attached hydrogens (tertiary/aromatic N) is 2. The first kappa shape index (κ1) is 10.1. The molecule has 4 nitrogen and oxygen atoms in total. The minimum absolute atomic E-state index is 0.250. The molecule has 2 aromatic rings. The highest BCUT2D eigenvalue weighted by Crippen LogP contribution is 2.23. The second-order valence-electron chi connectivity index (χ2n) is 3.18. The van der Waals surface area contributed by atoms with E-state index in [0.29, 0.717) is 16.7 Å². The predicted octanol–water partition coefficient (Wildman–Crippen LogP) is 2.16. The van der Waals surface area contributed by atoms with E-state index in [1.54, 1.807) is 6.07 Å². The Balaban J connectivity index is 2.44. The van der Waals surface area contributed by atoms with Crippen molar-refractivity contribution in [3.05, 3.63) is 34.7 Å². The lowest BCUT2D eigenvalue weighted by Gasteiger charge is -2.00. The van der Waals surface area contributed by atoms with Crippen molar-refractivity contribution in [3.63, 3.8) is 0 Å². The van der Waals surface area contributed by atoms with Crippen LogP contribution in [0, 0.1) is 6.92 Å². The fourth-order valence-corrected chi connectivity index (χ4v) is 1.55. The largest absolute Gasteiger partial charge is 0.338 e. The van der Waals surface area contributed by atoms with Crippen LogP contribution in [0.15, 0.2) is 22.7 Å². The van der Waals surface area contributed by atoms with Crippen LogP contribution in [0.1, 0.15) is 11.5 Å². The Morgan fingerprint density at radius 2 is 2.27 bits per heavy atom. The fourth-order valence-electron chi connectivity index (χ4n) is 1.33. The van der Waals surface area contributed by atoms with Gasteiger partial charge in [-0.2, -0.15) is 4.98 Å². The molecule has 0 unspecified atom stereocenters. The smallest absolute Gasteiger partial charge is 0.240 e. The van der Waals surface area contributed by atoms with Gasteiger partial charge in [0.25, 0.3) is 0 Å². The van der Waals surface area contributed by atoms with Crippen LogP contribution in [-0.4, -0.2) is 10.1 Å². The standard InChI is InChI=1S/C10H10ClN3O/c1-6-4-7(11)2-3-8(6)10-13-9(5-12)15-14-10/h2-4H,5,12H2,1H3. The minimum Gasteiger partial charge on any atom is -0.338 e. The Morgan fingerprint density at radius 3 is 2.87 bits per heavy atom. The molecule has 78 valence electrons. The molecule has 0 amide bonds. The van der Waals surface area contributed by atoms with E-state index in [1.165, 1.54) is 0 Å².